The van der Waals surface area contributed by atoms with Crippen molar-refractivity contribution in [3.63, 3.8) is 0 Å². The Kier molecular flexibility index (Phi) is 2.81. The fraction of sp³-hybridized carbons (Fsp3) is 0.789. The zero-order chi connectivity index (χ0) is 14.8. The Balaban J connectivity index is 1.75. The molecule has 0 aromatic heterocycles. The molecule has 0 unspecified atom stereocenters. The van der Waals surface area contributed by atoms with Crippen LogP contribution in [0.2, 0.25) is 0 Å². The van der Waals surface area contributed by atoms with Gasteiger partial charge >= 0.3 is 0 Å². The number of rotatable bonds is 0. The average molecular weight is 286 g/mol. The molecule has 0 bridgehead atoms. The SMILES string of the molecule is C[C@]12CC(=O)CC[C@@H]1CC[C@@H]1C2=CC[C@]2(C)C(=O)CC[C@@H]12. The van der Waals surface area contributed by atoms with Gasteiger partial charge in [-0.2, -0.15) is 0 Å². The van der Waals surface area contributed by atoms with Gasteiger partial charge in [0.1, 0.15) is 11.6 Å². The average Bonchev–Trinajstić information content (AvgIpc) is 2.74. The summed E-state index contributed by atoms with van der Waals surface area (Å²) in [5.41, 5.74) is 1.56. The molecule has 4 aliphatic carbocycles. The Morgan fingerprint density at radius 3 is 2.62 bits per heavy atom. The van der Waals surface area contributed by atoms with Gasteiger partial charge in [0.2, 0.25) is 0 Å². The van der Waals surface area contributed by atoms with E-state index in [4.69, 9.17) is 0 Å². The molecule has 4 rings (SSSR count). The summed E-state index contributed by atoms with van der Waals surface area (Å²) in [7, 11) is 0. The van der Waals surface area contributed by atoms with E-state index in [1.807, 2.05) is 0 Å². The van der Waals surface area contributed by atoms with E-state index in [9.17, 15) is 9.59 Å². The van der Waals surface area contributed by atoms with Crippen LogP contribution in [0.5, 0.6) is 0 Å². The van der Waals surface area contributed by atoms with Crippen molar-refractivity contribution in [2.75, 3.05) is 0 Å². The van der Waals surface area contributed by atoms with E-state index in [-0.39, 0.29) is 10.8 Å². The summed E-state index contributed by atoms with van der Waals surface area (Å²) in [6.45, 7) is 4.53. The lowest BCUT2D eigenvalue weighted by molar-refractivity contribution is -0.129. The molecule has 3 saturated carbocycles. The summed E-state index contributed by atoms with van der Waals surface area (Å²) in [5.74, 6) is 2.74. The first-order valence-corrected chi connectivity index (χ1v) is 8.71. The third-order valence-electron chi connectivity index (χ3n) is 7.49. The van der Waals surface area contributed by atoms with Gasteiger partial charge in [0.25, 0.3) is 0 Å². The highest BCUT2D eigenvalue weighted by molar-refractivity contribution is 5.87. The van der Waals surface area contributed by atoms with E-state index in [0.717, 1.165) is 38.5 Å². The maximum atomic E-state index is 12.3. The predicted octanol–water partition coefficient (Wildman–Crippen LogP) is 4.09. The van der Waals surface area contributed by atoms with Crippen LogP contribution in [0.15, 0.2) is 11.6 Å². The third kappa shape index (κ3) is 1.71. The summed E-state index contributed by atoms with van der Waals surface area (Å²) >= 11 is 0. The maximum absolute atomic E-state index is 12.3. The van der Waals surface area contributed by atoms with Crippen molar-refractivity contribution < 1.29 is 9.59 Å². The Morgan fingerprint density at radius 2 is 1.81 bits per heavy atom. The quantitative estimate of drug-likeness (QED) is 0.629. The van der Waals surface area contributed by atoms with Gasteiger partial charge in [0, 0.05) is 24.7 Å². The molecule has 21 heavy (non-hydrogen) atoms. The van der Waals surface area contributed by atoms with Crippen molar-refractivity contribution in [3.05, 3.63) is 11.6 Å². The van der Waals surface area contributed by atoms with Crippen LogP contribution in [0, 0.1) is 28.6 Å². The van der Waals surface area contributed by atoms with Crippen LogP contribution >= 0.6 is 0 Å². The summed E-state index contributed by atoms with van der Waals surface area (Å²) in [6.07, 6.45) is 10.3. The molecule has 3 fully saturated rings. The lowest BCUT2D eigenvalue weighted by atomic mass is 9.49. The van der Waals surface area contributed by atoms with Crippen LogP contribution in [-0.2, 0) is 9.59 Å². The Hall–Kier alpha value is -0.920. The lowest BCUT2D eigenvalue weighted by Crippen LogP contribution is -2.48. The largest absolute Gasteiger partial charge is 0.300 e. The highest BCUT2D eigenvalue weighted by Gasteiger charge is 2.57. The van der Waals surface area contributed by atoms with Gasteiger partial charge in [-0.3, -0.25) is 9.59 Å². The standard InChI is InChI=1S/C19H26O2/c1-18-10-9-16-14(15(18)7-8-17(18)21)6-4-12-3-5-13(20)11-19(12,16)2/h9,12,14-15H,3-8,10-11H2,1-2H3/t12-,14+,15+,18+,19+/m1/s1. The molecule has 0 spiro atoms. The van der Waals surface area contributed by atoms with Gasteiger partial charge in [0.15, 0.2) is 0 Å². The zero-order valence-electron chi connectivity index (χ0n) is 13.3. The topological polar surface area (TPSA) is 34.1 Å². The lowest BCUT2D eigenvalue weighted by Gasteiger charge is -2.54. The predicted molar refractivity (Wildman–Crippen MR) is 81.7 cm³/mol. The first kappa shape index (κ1) is 13.7. The second-order valence-corrected chi connectivity index (χ2v) is 8.40. The molecule has 0 aromatic carbocycles. The molecule has 0 heterocycles. The highest BCUT2D eigenvalue weighted by atomic mass is 16.1. The fourth-order valence-corrected chi connectivity index (χ4v) is 6.19. The van der Waals surface area contributed by atoms with E-state index < -0.39 is 0 Å². The Bertz CT molecular complexity index is 546. The molecular weight excluding hydrogens is 260 g/mol. The smallest absolute Gasteiger partial charge is 0.139 e. The Labute approximate surface area is 127 Å². The monoisotopic (exact) mass is 286 g/mol. The third-order valence-corrected chi connectivity index (χ3v) is 7.49. The molecule has 114 valence electrons. The number of Topliss-reactive ketones (excluding diaryl/α,β-unsaturated/α-hetero) is 2. The van der Waals surface area contributed by atoms with Crippen LogP contribution < -0.4 is 0 Å². The van der Waals surface area contributed by atoms with Crippen molar-refractivity contribution in [3.8, 4) is 0 Å². The van der Waals surface area contributed by atoms with Crippen molar-refractivity contribution in [2.24, 2.45) is 28.6 Å². The number of hydrogen-bond acceptors (Lipinski definition) is 2. The molecule has 0 saturated heterocycles. The molecule has 2 nitrogen and oxygen atoms in total. The highest BCUT2D eigenvalue weighted by Crippen LogP contribution is 2.62. The van der Waals surface area contributed by atoms with E-state index in [1.165, 1.54) is 12.8 Å². The number of carbonyl (C=O) groups is 2. The second kappa shape index (κ2) is 4.30. The van der Waals surface area contributed by atoms with Crippen LogP contribution in [0.4, 0.5) is 0 Å². The molecule has 4 aliphatic rings. The number of fused-ring (bicyclic) bond motifs is 5. The van der Waals surface area contributed by atoms with Gasteiger partial charge in [-0.25, -0.2) is 0 Å². The first-order valence-electron chi connectivity index (χ1n) is 8.71. The van der Waals surface area contributed by atoms with E-state index in [1.54, 1.807) is 5.57 Å². The minimum Gasteiger partial charge on any atom is -0.300 e. The minimum absolute atomic E-state index is 0.101. The zero-order valence-corrected chi connectivity index (χ0v) is 13.3. The minimum atomic E-state index is -0.101. The van der Waals surface area contributed by atoms with E-state index in [0.29, 0.717) is 29.3 Å². The normalized spacial score (nSPS) is 49.2. The molecule has 0 N–H and O–H groups in total. The molecule has 0 aromatic rings. The van der Waals surface area contributed by atoms with Crippen molar-refractivity contribution in [1.82, 2.24) is 0 Å². The number of allylic oxidation sites excluding steroid dienone is 2. The van der Waals surface area contributed by atoms with Crippen molar-refractivity contribution >= 4 is 11.6 Å². The maximum Gasteiger partial charge on any atom is 0.139 e. The van der Waals surface area contributed by atoms with Gasteiger partial charge in [0.05, 0.1) is 0 Å². The summed E-state index contributed by atoms with van der Waals surface area (Å²) in [4.78, 5) is 24.4. The van der Waals surface area contributed by atoms with Gasteiger partial charge < -0.3 is 0 Å². The molecule has 0 amide bonds. The number of ketones is 2. The second-order valence-electron chi connectivity index (χ2n) is 8.40. The first-order chi connectivity index (χ1) is 9.95. The summed E-state index contributed by atoms with van der Waals surface area (Å²) in [5, 5.41) is 0. The Morgan fingerprint density at radius 1 is 1.00 bits per heavy atom. The van der Waals surface area contributed by atoms with Crippen LogP contribution in [0.1, 0.15) is 65.2 Å². The van der Waals surface area contributed by atoms with Crippen molar-refractivity contribution in [1.29, 1.82) is 0 Å². The van der Waals surface area contributed by atoms with Gasteiger partial charge in [-0.05, 0) is 55.3 Å². The number of hydrogen-bond donors (Lipinski definition) is 0. The number of carbonyl (C=O) groups excluding carboxylic acids is 2. The van der Waals surface area contributed by atoms with Crippen LogP contribution in [0.3, 0.4) is 0 Å². The van der Waals surface area contributed by atoms with Crippen molar-refractivity contribution in [2.45, 2.75) is 65.2 Å². The molecule has 5 atom stereocenters. The van der Waals surface area contributed by atoms with Gasteiger partial charge in [-0.1, -0.05) is 25.5 Å². The fourth-order valence-electron chi connectivity index (χ4n) is 6.19. The molecule has 0 aliphatic heterocycles. The van der Waals surface area contributed by atoms with Crippen LogP contribution in [0.25, 0.3) is 0 Å². The molecule has 0 radical (unpaired) electrons. The summed E-state index contributed by atoms with van der Waals surface area (Å²) in [6, 6.07) is 0. The van der Waals surface area contributed by atoms with Crippen LogP contribution in [-0.4, -0.2) is 11.6 Å². The summed E-state index contributed by atoms with van der Waals surface area (Å²) < 4.78 is 0. The molecular formula is C19H26O2. The molecule has 2 heteroatoms. The van der Waals surface area contributed by atoms with Gasteiger partial charge in [-0.15, -0.1) is 0 Å². The van der Waals surface area contributed by atoms with E-state index >= 15 is 0 Å². The van der Waals surface area contributed by atoms with E-state index in [2.05, 4.69) is 19.9 Å².